The van der Waals surface area contributed by atoms with Crippen molar-refractivity contribution in [2.75, 3.05) is 0 Å². The predicted octanol–water partition coefficient (Wildman–Crippen LogP) is 1.34. The van der Waals surface area contributed by atoms with E-state index in [4.69, 9.17) is 4.74 Å². The molecule has 0 atom stereocenters. The van der Waals surface area contributed by atoms with Crippen LogP contribution in [0.3, 0.4) is 0 Å². The first-order chi connectivity index (χ1) is 13.1. The molecule has 3 aromatic heterocycles. The number of aryl methyl sites for hydroxylation is 1. The lowest BCUT2D eigenvalue weighted by molar-refractivity contribution is 0.0467. The number of benzene rings is 1. The highest BCUT2D eigenvalue weighted by Crippen LogP contribution is 2.11. The molecule has 9 nitrogen and oxygen atoms in total. The predicted molar refractivity (Wildman–Crippen MR) is 94.5 cm³/mol. The molecule has 4 rings (SSSR count). The maximum absolute atomic E-state index is 12.3. The largest absolute Gasteiger partial charge is 0.456 e. The summed E-state index contributed by atoms with van der Waals surface area (Å²) in [5.74, 6) is -0.532. The van der Waals surface area contributed by atoms with Gasteiger partial charge in [0.05, 0.1) is 16.9 Å². The van der Waals surface area contributed by atoms with Crippen molar-refractivity contribution < 1.29 is 9.53 Å². The average Bonchev–Trinajstić information content (AvgIpc) is 3.22. The van der Waals surface area contributed by atoms with Crippen LogP contribution in [0.4, 0.5) is 0 Å². The Morgan fingerprint density at radius 1 is 1.19 bits per heavy atom. The molecule has 3 heterocycles. The number of fused-ring (bicyclic) bond motifs is 1. The molecule has 0 spiro atoms. The highest BCUT2D eigenvalue weighted by molar-refractivity contribution is 5.90. The molecule has 9 heteroatoms. The zero-order valence-corrected chi connectivity index (χ0v) is 14.3. The SMILES string of the molecule is Cc1ccc2nc(COC(=O)c3cccc(-n4cnnn4)c3)cc(=O)n2c1. The second-order valence-electron chi connectivity index (χ2n) is 5.90. The number of esters is 1. The highest BCUT2D eigenvalue weighted by atomic mass is 16.5. The van der Waals surface area contributed by atoms with E-state index >= 15 is 0 Å². The van der Waals surface area contributed by atoms with Gasteiger partial charge in [0.1, 0.15) is 18.6 Å². The Labute approximate surface area is 152 Å². The molecule has 1 aromatic carbocycles. The molecule has 0 unspecified atom stereocenters. The van der Waals surface area contributed by atoms with Gasteiger partial charge in [-0.1, -0.05) is 12.1 Å². The summed E-state index contributed by atoms with van der Waals surface area (Å²) in [4.78, 5) is 28.9. The minimum atomic E-state index is -0.532. The van der Waals surface area contributed by atoms with Crippen molar-refractivity contribution in [1.82, 2.24) is 29.6 Å². The van der Waals surface area contributed by atoms with Crippen molar-refractivity contribution in [3.8, 4) is 5.69 Å². The van der Waals surface area contributed by atoms with E-state index in [1.807, 2.05) is 13.0 Å². The molecule has 4 aromatic rings. The maximum Gasteiger partial charge on any atom is 0.338 e. The van der Waals surface area contributed by atoms with Gasteiger partial charge in [0.15, 0.2) is 0 Å². The van der Waals surface area contributed by atoms with Gasteiger partial charge in [-0.25, -0.2) is 14.5 Å². The van der Waals surface area contributed by atoms with E-state index in [1.54, 1.807) is 36.5 Å². The summed E-state index contributed by atoms with van der Waals surface area (Å²) < 4.78 is 8.19. The minimum Gasteiger partial charge on any atom is -0.456 e. The number of tetrazole rings is 1. The molecular formula is C18H14N6O3. The van der Waals surface area contributed by atoms with E-state index in [1.165, 1.54) is 21.5 Å². The molecule has 0 aliphatic heterocycles. The standard InChI is InChI=1S/C18H14N6O3/c1-12-5-6-16-20-14(8-17(25)23(16)9-12)10-27-18(26)13-3-2-4-15(7-13)24-11-19-21-22-24/h2-9,11H,10H2,1H3. The number of aromatic nitrogens is 6. The normalized spacial score (nSPS) is 10.9. The van der Waals surface area contributed by atoms with Gasteiger partial charge in [0, 0.05) is 12.3 Å². The Morgan fingerprint density at radius 2 is 2.07 bits per heavy atom. The quantitative estimate of drug-likeness (QED) is 0.504. The monoisotopic (exact) mass is 362 g/mol. The van der Waals surface area contributed by atoms with Crippen molar-refractivity contribution in [3.63, 3.8) is 0 Å². The first kappa shape index (κ1) is 16.6. The van der Waals surface area contributed by atoms with Crippen LogP contribution in [0.5, 0.6) is 0 Å². The summed E-state index contributed by atoms with van der Waals surface area (Å²) in [5, 5.41) is 10.9. The minimum absolute atomic E-state index is 0.104. The van der Waals surface area contributed by atoms with E-state index in [9.17, 15) is 9.59 Å². The van der Waals surface area contributed by atoms with Gasteiger partial charge in [-0.15, -0.1) is 5.10 Å². The number of carbonyl (C=O) groups is 1. The van der Waals surface area contributed by atoms with Crippen LogP contribution in [0.2, 0.25) is 0 Å². The lowest BCUT2D eigenvalue weighted by Gasteiger charge is -2.07. The van der Waals surface area contributed by atoms with E-state index in [0.29, 0.717) is 22.6 Å². The summed E-state index contributed by atoms with van der Waals surface area (Å²) in [6.07, 6.45) is 3.14. The second kappa shape index (κ2) is 6.79. The number of hydrogen-bond acceptors (Lipinski definition) is 7. The molecule has 0 aliphatic rings. The van der Waals surface area contributed by atoms with Crippen LogP contribution in [-0.2, 0) is 11.3 Å². The Balaban J connectivity index is 1.53. The molecule has 0 aliphatic carbocycles. The van der Waals surface area contributed by atoms with Gasteiger partial charge in [-0.2, -0.15) is 0 Å². The topological polar surface area (TPSA) is 104 Å². The third-order valence-corrected chi connectivity index (χ3v) is 3.91. The van der Waals surface area contributed by atoms with Crippen LogP contribution in [0.1, 0.15) is 21.6 Å². The fourth-order valence-corrected chi connectivity index (χ4v) is 2.61. The molecule has 134 valence electrons. The summed E-state index contributed by atoms with van der Waals surface area (Å²) in [6.45, 7) is 1.79. The van der Waals surface area contributed by atoms with Crippen molar-refractivity contribution in [2.45, 2.75) is 13.5 Å². The third kappa shape index (κ3) is 3.43. The Morgan fingerprint density at radius 3 is 2.89 bits per heavy atom. The average molecular weight is 362 g/mol. The van der Waals surface area contributed by atoms with Gasteiger partial charge in [0.2, 0.25) is 0 Å². The van der Waals surface area contributed by atoms with E-state index < -0.39 is 5.97 Å². The molecule has 0 saturated heterocycles. The van der Waals surface area contributed by atoms with Gasteiger partial charge < -0.3 is 4.74 Å². The van der Waals surface area contributed by atoms with Gasteiger partial charge in [0.25, 0.3) is 5.56 Å². The molecule has 0 N–H and O–H groups in total. The molecular weight excluding hydrogens is 348 g/mol. The van der Waals surface area contributed by atoms with Crippen LogP contribution in [0, 0.1) is 6.92 Å². The Hall–Kier alpha value is -3.88. The zero-order chi connectivity index (χ0) is 18.8. The fraction of sp³-hybridized carbons (Fsp3) is 0.111. The second-order valence-corrected chi connectivity index (χ2v) is 5.90. The highest BCUT2D eigenvalue weighted by Gasteiger charge is 2.11. The summed E-state index contributed by atoms with van der Waals surface area (Å²) in [7, 11) is 0. The number of rotatable bonds is 4. The summed E-state index contributed by atoms with van der Waals surface area (Å²) in [5.41, 5.74) is 2.58. The molecule has 0 bridgehead atoms. The number of pyridine rings is 1. The molecule has 27 heavy (non-hydrogen) atoms. The first-order valence-corrected chi connectivity index (χ1v) is 8.10. The Kier molecular flexibility index (Phi) is 4.17. The number of ether oxygens (including phenoxy) is 1. The lowest BCUT2D eigenvalue weighted by Crippen LogP contribution is -2.17. The first-order valence-electron chi connectivity index (χ1n) is 8.10. The lowest BCUT2D eigenvalue weighted by atomic mass is 10.2. The van der Waals surface area contributed by atoms with Crippen LogP contribution in [-0.4, -0.2) is 35.6 Å². The zero-order valence-electron chi connectivity index (χ0n) is 14.3. The van der Waals surface area contributed by atoms with Crippen LogP contribution >= 0.6 is 0 Å². The van der Waals surface area contributed by atoms with E-state index in [0.717, 1.165) is 5.56 Å². The molecule has 0 fully saturated rings. The summed E-state index contributed by atoms with van der Waals surface area (Å²) in [6, 6.07) is 11.7. The Bertz CT molecular complexity index is 1180. The molecule has 0 amide bonds. The van der Waals surface area contributed by atoms with Crippen molar-refractivity contribution >= 4 is 11.6 Å². The molecule has 0 saturated carbocycles. The number of carbonyl (C=O) groups excluding carboxylic acids is 1. The molecule has 0 radical (unpaired) electrons. The van der Waals surface area contributed by atoms with Gasteiger partial charge in [-0.05, 0) is 47.2 Å². The van der Waals surface area contributed by atoms with Crippen LogP contribution in [0.15, 0.2) is 59.8 Å². The smallest absolute Gasteiger partial charge is 0.338 e. The van der Waals surface area contributed by atoms with Gasteiger partial charge >= 0.3 is 5.97 Å². The van der Waals surface area contributed by atoms with Crippen LogP contribution < -0.4 is 5.56 Å². The van der Waals surface area contributed by atoms with E-state index in [2.05, 4.69) is 20.5 Å². The third-order valence-electron chi connectivity index (χ3n) is 3.91. The van der Waals surface area contributed by atoms with Crippen molar-refractivity contribution in [1.29, 1.82) is 0 Å². The number of hydrogen-bond donors (Lipinski definition) is 0. The van der Waals surface area contributed by atoms with E-state index in [-0.39, 0.29) is 12.2 Å². The maximum atomic E-state index is 12.3. The van der Waals surface area contributed by atoms with Crippen LogP contribution in [0.25, 0.3) is 11.3 Å². The number of nitrogens with zero attached hydrogens (tertiary/aromatic N) is 6. The fourth-order valence-electron chi connectivity index (χ4n) is 2.61. The van der Waals surface area contributed by atoms with Crippen molar-refractivity contribution in [3.05, 3.63) is 82.2 Å². The summed E-state index contributed by atoms with van der Waals surface area (Å²) >= 11 is 0. The van der Waals surface area contributed by atoms with Crippen molar-refractivity contribution in [2.24, 2.45) is 0 Å². The van der Waals surface area contributed by atoms with Gasteiger partial charge in [-0.3, -0.25) is 9.20 Å².